The molecule has 0 bridgehead atoms. The lowest BCUT2D eigenvalue weighted by molar-refractivity contribution is -0.150. The Hall–Kier alpha value is -2.52. The van der Waals surface area contributed by atoms with Crippen LogP contribution in [0.3, 0.4) is 0 Å². The molecule has 1 aromatic rings. The maximum atomic E-state index is 13.5. The molecule has 31 heavy (non-hydrogen) atoms. The van der Waals surface area contributed by atoms with Crippen LogP contribution in [0.15, 0.2) is 55.5 Å². The lowest BCUT2D eigenvalue weighted by Crippen LogP contribution is -2.45. The zero-order chi connectivity index (χ0) is 22.9. The van der Waals surface area contributed by atoms with Gasteiger partial charge in [0.25, 0.3) is 0 Å². The number of fused-ring (bicyclic) bond motifs is 1. The normalized spacial score (nSPS) is 18.0. The molecule has 1 atom stereocenters. The summed E-state index contributed by atoms with van der Waals surface area (Å²) in [5, 5.41) is 10.9. The number of allylic oxidation sites excluding steroid dienone is 4. The van der Waals surface area contributed by atoms with E-state index in [2.05, 4.69) is 15.9 Å². The summed E-state index contributed by atoms with van der Waals surface area (Å²) in [4.78, 5) is 42.1. The van der Waals surface area contributed by atoms with E-state index >= 15 is 0 Å². The van der Waals surface area contributed by atoms with Crippen LogP contribution >= 0.6 is 27.7 Å². The average molecular weight is 508 g/mol. The molecule has 164 valence electrons. The fraction of sp³-hybridized carbons (Fsp3) is 0.318. The van der Waals surface area contributed by atoms with Gasteiger partial charge in [0, 0.05) is 20.6 Å². The highest BCUT2D eigenvalue weighted by Gasteiger charge is 2.46. The largest absolute Gasteiger partial charge is 0.507 e. The average Bonchev–Trinajstić information content (AvgIpc) is 3.01. The van der Waals surface area contributed by atoms with Crippen LogP contribution in [-0.2, 0) is 19.1 Å². The number of phenolic OH excluding ortho intramolecular Hbond substituents is 1. The van der Waals surface area contributed by atoms with Crippen molar-refractivity contribution in [1.29, 1.82) is 0 Å². The molecule has 2 aliphatic heterocycles. The van der Waals surface area contributed by atoms with Crippen molar-refractivity contribution in [3.05, 3.63) is 61.1 Å². The number of rotatable bonds is 6. The van der Waals surface area contributed by atoms with Crippen molar-refractivity contribution in [3.8, 4) is 5.75 Å². The SMILES string of the molecule is CCOC(=O)C1=C(C(=O)c2cc(Br)ccc2O)C=C2SC(C)=C(C)N2C1C(=O)OCC. The molecule has 0 saturated heterocycles. The Kier molecular flexibility index (Phi) is 6.96. The Morgan fingerprint density at radius 1 is 1.16 bits per heavy atom. The first kappa shape index (κ1) is 23.1. The fourth-order valence-corrected chi connectivity index (χ4v) is 4.85. The van der Waals surface area contributed by atoms with E-state index in [1.165, 1.54) is 23.9 Å². The highest BCUT2D eigenvalue weighted by Crippen LogP contribution is 2.47. The van der Waals surface area contributed by atoms with E-state index in [-0.39, 0.29) is 35.7 Å². The smallest absolute Gasteiger partial charge is 0.337 e. The van der Waals surface area contributed by atoms with Crippen LogP contribution in [-0.4, -0.2) is 47.0 Å². The number of nitrogens with zero attached hydrogens (tertiary/aromatic N) is 1. The molecule has 0 amide bonds. The molecule has 0 aliphatic carbocycles. The summed E-state index contributed by atoms with van der Waals surface area (Å²) < 4.78 is 11.1. The maximum Gasteiger partial charge on any atom is 0.337 e. The first-order chi connectivity index (χ1) is 14.7. The third kappa shape index (κ3) is 4.29. The van der Waals surface area contributed by atoms with E-state index < -0.39 is 23.8 Å². The van der Waals surface area contributed by atoms with Crippen LogP contribution in [0.5, 0.6) is 5.75 Å². The molecule has 1 aromatic carbocycles. The molecule has 1 unspecified atom stereocenters. The second-order valence-electron chi connectivity index (χ2n) is 6.79. The Labute approximate surface area is 192 Å². The van der Waals surface area contributed by atoms with Gasteiger partial charge in [0.05, 0.1) is 29.4 Å². The monoisotopic (exact) mass is 507 g/mol. The van der Waals surface area contributed by atoms with Crippen molar-refractivity contribution in [2.24, 2.45) is 0 Å². The van der Waals surface area contributed by atoms with Crippen LogP contribution in [0.25, 0.3) is 0 Å². The van der Waals surface area contributed by atoms with Gasteiger partial charge >= 0.3 is 11.9 Å². The van der Waals surface area contributed by atoms with Crippen LogP contribution in [0.1, 0.15) is 38.1 Å². The number of Topliss-reactive ketones (excluding diaryl/α,β-unsaturated/α-hetero) is 1. The number of benzene rings is 1. The summed E-state index contributed by atoms with van der Waals surface area (Å²) in [6.45, 7) is 7.23. The molecule has 0 radical (unpaired) electrons. The molecule has 0 spiro atoms. The number of phenols is 1. The summed E-state index contributed by atoms with van der Waals surface area (Å²) in [7, 11) is 0. The lowest BCUT2D eigenvalue weighted by Gasteiger charge is -2.34. The van der Waals surface area contributed by atoms with Gasteiger partial charge in [-0.3, -0.25) is 4.79 Å². The molecule has 3 rings (SSSR count). The summed E-state index contributed by atoms with van der Waals surface area (Å²) in [6, 6.07) is 3.28. The topological polar surface area (TPSA) is 93.1 Å². The number of halogens is 1. The van der Waals surface area contributed by atoms with Gasteiger partial charge in [0.15, 0.2) is 11.8 Å². The summed E-state index contributed by atoms with van der Waals surface area (Å²) in [6.07, 6.45) is 1.56. The third-order valence-corrected chi connectivity index (χ3v) is 6.53. The quantitative estimate of drug-likeness (QED) is 0.450. The Morgan fingerprint density at radius 3 is 2.48 bits per heavy atom. The summed E-state index contributed by atoms with van der Waals surface area (Å²) in [5.74, 6) is -2.27. The van der Waals surface area contributed by atoms with E-state index in [9.17, 15) is 19.5 Å². The van der Waals surface area contributed by atoms with Crippen molar-refractivity contribution >= 4 is 45.4 Å². The lowest BCUT2D eigenvalue weighted by atomic mass is 9.90. The van der Waals surface area contributed by atoms with E-state index in [0.29, 0.717) is 9.50 Å². The van der Waals surface area contributed by atoms with Gasteiger partial charge in [0.2, 0.25) is 0 Å². The van der Waals surface area contributed by atoms with Crippen LogP contribution in [0.4, 0.5) is 0 Å². The van der Waals surface area contributed by atoms with Gasteiger partial charge in [-0.15, -0.1) is 0 Å². The standard InChI is InChI=1S/C22H22BrNO6S/c1-5-29-21(27)18-15(20(26)14-9-13(23)7-8-16(14)25)10-17-24(11(3)12(4)31-17)19(18)22(28)30-6-2/h7-10,19,25H,5-6H2,1-4H3. The highest BCUT2D eigenvalue weighted by atomic mass is 79.9. The second-order valence-corrected chi connectivity index (χ2v) is 8.94. The van der Waals surface area contributed by atoms with E-state index in [1.807, 2.05) is 13.8 Å². The van der Waals surface area contributed by atoms with Gasteiger partial charge in [-0.25, -0.2) is 9.59 Å². The van der Waals surface area contributed by atoms with Crippen LogP contribution < -0.4 is 0 Å². The molecule has 0 saturated carbocycles. The summed E-state index contributed by atoms with van der Waals surface area (Å²) >= 11 is 4.69. The Balaban J connectivity index is 2.26. The van der Waals surface area contributed by atoms with Crippen molar-refractivity contribution in [2.75, 3.05) is 13.2 Å². The molecule has 9 heteroatoms. The number of thioether (sulfide) groups is 1. The molecule has 7 nitrogen and oxygen atoms in total. The van der Waals surface area contributed by atoms with Gasteiger partial charge in [0.1, 0.15) is 5.75 Å². The molecule has 2 heterocycles. The number of ketones is 1. The van der Waals surface area contributed by atoms with Gasteiger partial charge in [-0.2, -0.15) is 0 Å². The predicted molar refractivity (Wildman–Crippen MR) is 120 cm³/mol. The molecular formula is C22H22BrNO6S. The van der Waals surface area contributed by atoms with Crippen molar-refractivity contribution in [3.63, 3.8) is 0 Å². The number of aromatic hydroxyl groups is 1. The number of esters is 2. The third-order valence-electron chi connectivity index (χ3n) is 4.91. The molecule has 1 N–H and O–H groups in total. The van der Waals surface area contributed by atoms with Gasteiger partial charge in [-0.1, -0.05) is 27.7 Å². The molecule has 2 aliphatic rings. The minimum Gasteiger partial charge on any atom is -0.507 e. The molecular weight excluding hydrogens is 486 g/mol. The zero-order valence-electron chi connectivity index (χ0n) is 17.5. The Bertz CT molecular complexity index is 1060. The van der Waals surface area contributed by atoms with Crippen LogP contribution in [0, 0.1) is 0 Å². The molecule has 0 aromatic heterocycles. The van der Waals surface area contributed by atoms with Crippen molar-refractivity contribution in [1.82, 2.24) is 4.90 Å². The van der Waals surface area contributed by atoms with Gasteiger partial charge < -0.3 is 19.5 Å². The molecule has 0 fully saturated rings. The fourth-order valence-electron chi connectivity index (χ4n) is 3.41. The van der Waals surface area contributed by atoms with Crippen molar-refractivity contribution in [2.45, 2.75) is 33.7 Å². The van der Waals surface area contributed by atoms with E-state index in [1.54, 1.807) is 30.9 Å². The van der Waals surface area contributed by atoms with Crippen LogP contribution in [0.2, 0.25) is 0 Å². The van der Waals surface area contributed by atoms with Crippen molar-refractivity contribution < 1.29 is 29.0 Å². The minimum absolute atomic E-state index is 0.00322. The minimum atomic E-state index is -1.17. The number of hydrogen-bond acceptors (Lipinski definition) is 8. The highest BCUT2D eigenvalue weighted by molar-refractivity contribution is 9.10. The first-order valence-corrected chi connectivity index (χ1v) is 11.3. The first-order valence-electron chi connectivity index (χ1n) is 9.68. The second kappa shape index (κ2) is 9.32. The number of carbonyl (C=O) groups excluding carboxylic acids is 3. The van der Waals surface area contributed by atoms with E-state index in [0.717, 1.165) is 10.6 Å². The number of hydrogen-bond donors (Lipinski definition) is 1. The maximum absolute atomic E-state index is 13.5. The van der Waals surface area contributed by atoms with E-state index in [4.69, 9.17) is 9.47 Å². The predicted octanol–water partition coefficient (Wildman–Crippen LogP) is 4.28. The Morgan fingerprint density at radius 2 is 1.84 bits per heavy atom. The van der Waals surface area contributed by atoms with Gasteiger partial charge in [-0.05, 0) is 52.0 Å². The summed E-state index contributed by atoms with van der Waals surface area (Å²) in [5.41, 5.74) is 0.672. The number of ether oxygens (including phenoxy) is 2. The zero-order valence-corrected chi connectivity index (χ0v) is 19.9. The number of carbonyl (C=O) groups is 3.